The van der Waals surface area contributed by atoms with Gasteiger partial charge in [0.1, 0.15) is 11.0 Å². The minimum atomic E-state index is -0.998. The quantitative estimate of drug-likeness (QED) is 0.873. The molecule has 0 aromatic carbocycles. The maximum atomic E-state index is 11.1. The Bertz CT molecular complexity index is 642. The van der Waals surface area contributed by atoms with Crippen LogP contribution < -0.4 is 9.80 Å². The maximum Gasteiger partial charge on any atom is 0.335 e. The summed E-state index contributed by atoms with van der Waals surface area (Å²) >= 11 is 7.52. The van der Waals surface area contributed by atoms with E-state index in [2.05, 4.69) is 14.9 Å². The Hall–Kier alpha value is -1.86. The van der Waals surface area contributed by atoms with Crippen molar-refractivity contribution in [3.63, 3.8) is 0 Å². The largest absolute Gasteiger partial charge is 0.478 e. The predicted octanol–water partition coefficient (Wildman–Crippen LogP) is 2.22. The van der Waals surface area contributed by atoms with Gasteiger partial charge in [0.05, 0.1) is 5.56 Å². The molecule has 2 aromatic heterocycles. The van der Waals surface area contributed by atoms with Crippen molar-refractivity contribution in [3.05, 3.63) is 34.4 Å². The van der Waals surface area contributed by atoms with Crippen molar-refractivity contribution in [2.45, 2.75) is 0 Å². The monoisotopic (exact) mass is 324 g/mol. The Morgan fingerprint density at radius 2 is 1.95 bits per heavy atom. The normalized spacial score (nSPS) is 15.3. The lowest BCUT2D eigenvalue weighted by atomic mass is 10.2. The Morgan fingerprint density at radius 1 is 1.24 bits per heavy atom. The van der Waals surface area contributed by atoms with Crippen molar-refractivity contribution in [1.29, 1.82) is 0 Å². The first kappa shape index (κ1) is 14.1. The summed E-state index contributed by atoms with van der Waals surface area (Å²) in [7, 11) is 0. The number of pyridine rings is 1. The van der Waals surface area contributed by atoms with Crippen LogP contribution in [0.5, 0.6) is 0 Å². The van der Waals surface area contributed by atoms with Gasteiger partial charge in [0, 0.05) is 37.8 Å². The van der Waals surface area contributed by atoms with E-state index in [4.69, 9.17) is 16.7 Å². The molecule has 1 N–H and O–H groups in total. The number of carboxylic acid groups (broad SMARTS) is 1. The summed E-state index contributed by atoms with van der Waals surface area (Å²) in [5.41, 5.74) is 0.160. The van der Waals surface area contributed by atoms with Gasteiger partial charge in [-0.2, -0.15) is 0 Å². The molecule has 0 radical (unpaired) electrons. The van der Waals surface area contributed by atoms with Crippen molar-refractivity contribution in [2.75, 3.05) is 36.0 Å². The Kier molecular flexibility index (Phi) is 3.94. The summed E-state index contributed by atoms with van der Waals surface area (Å²) in [5.74, 6) is -0.388. The zero-order valence-electron chi connectivity index (χ0n) is 11.1. The fourth-order valence-electron chi connectivity index (χ4n) is 2.27. The molecule has 21 heavy (non-hydrogen) atoms. The van der Waals surface area contributed by atoms with Crippen LogP contribution in [-0.4, -0.2) is 47.2 Å². The second-order valence-corrected chi connectivity index (χ2v) is 5.89. The first-order valence-electron chi connectivity index (χ1n) is 6.44. The number of piperazine rings is 1. The van der Waals surface area contributed by atoms with E-state index in [0.29, 0.717) is 5.82 Å². The summed E-state index contributed by atoms with van der Waals surface area (Å²) in [4.78, 5) is 23.9. The number of aromatic carboxylic acids is 1. The van der Waals surface area contributed by atoms with Gasteiger partial charge in [0.2, 0.25) is 0 Å². The van der Waals surface area contributed by atoms with Crippen molar-refractivity contribution >= 4 is 39.9 Å². The van der Waals surface area contributed by atoms with Crippen LogP contribution in [0.2, 0.25) is 5.15 Å². The SMILES string of the molecule is O=C(O)c1cc(Cl)nc(N2CCN(c3nccs3)CC2)c1. The molecule has 0 spiro atoms. The number of hydrogen-bond donors (Lipinski definition) is 1. The topological polar surface area (TPSA) is 69.6 Å². The number of rotatable bonds is 3. The molecule has 110 valence electrons. The van der Waals surface area contributed by atoms with Crippen LogP contribution >= 0.6 is 22.9 Å². The number of halogens is 1. The predicted molar refractivity (Wildman–Crippen MR) is 82.7 cm³/mol. The van der Waals surface area contributed by atoms with Gasteiger partial charge in [-0.15, -0.1) is 11.3 Å². The first-order valence-corrected chi connectivity index (χ1v) is 7.69. The van der Waals surface area contributed by atoms with Gasteiger partial charge in [-0.1, -0.05) is 11.6 Å². The second-order valence-electron chi connectivity index (χ2n) is 4.63. The Balaban J connectivity index is 1.73. The standard InChI is InChI=1S/C13H13ClN4O2S/c14-10-7-9(12(19)20)8-11(16-10)17-2-4-18(5-3-17)13-15-1-6-21-13/h1,6-8H,2-5H2,(H,19,20). The molecule has 1 saturated heterocycles. The van der Waals surface area contributed by atoms with Crippen molar-refractivity contribution < 1.29 is 9.90 Å². The third kappa shape index (κ3) is 3.08. The molecule has 0 saturated carbocycles. The number of anilines is 2. The highest BCUT2D eigenvalue weighted by atomic mass is 35.5. The zero-order chi connectivity index (χ0) is 14.8. The smallest absolute Gasteiger partial charge is 0.335 e. The van der Waals surface area contributed by atoms with Crippen LogP contribution in [0.25, 0.3) is 0 Å². The maximum absolute atomic E-state index is 11.1. The summed E-state index contributed by atoms with van der Waals surface area (Å²) in [6.45, 7) is 3.16. The molecule has 8 heteroatoms. The molecular formula is C13H13ClN4O2S. The van der Waals surface area contributed by atoms with Crippen LogP contribution in [0.1, 0.15) is 10.4 Å². The second kappa shape index (κ2) is 5.87. The van der Waals surface area contributed by atoms with Crippen LogP contribution in [0.4, 0.5) is 10.9 Å². The lowest BCUT2D eigenvalue weighted by Crippen LogP contribution is -2.46. The summed E-state index contributed by atoms with van der Waals surface area (Å²) in [6, 6.07) is 2.92. The highest BCUT2D eigenvalue weighted by molar-refractivity contribution is 7.13. The van der Waals surface area contributed by atoms with Crippen LogP contribution in [0.3, 0.4) is 0 Å². The van der Waals surface area contributed by atoms with Crippen LogP contribution in [0, 0.1) is 0 Å². The van der Waals surface area contributed by atoms with E-state index in [9.17, 15) is 4.79 Å². The number of thiazole rings is 1. The molecule has 0 atom stereocenters. The summed E-state index contributed by atoms with van der Waals surface area (Å²) in [6.07, 6.45) is 1.80. The number of hydrogen-bond acceptors (Lipinski definition) is 6. The average Bonchev–Trinajstić information content (AvgIpc) is 3.01. The van der Waals surface area contributed by atoms with Gasteiger partial charge < -0.3 is 14.9 Å². The van der Waals surface area contributed by atoms with Crippen LogP contribution in [0.15, 0.2) is 23.7 Å². The minimum Gasteiger partial charge on any atom is -0.478 e. The summed E-state index contributed by atoms with van der Waals surface area (Å²) in [5, 5.41) is 12.3. The van der Waals surface area contributed by atoms with E-state index in [0.717, 1.165) is 31.3 Å². The third-order valence-electron chi connectivity index (χ3n) is 3.32. The van der Waals surface area contributed by atoms with E-state index >= 15 is 0 Å². The lowest BCUT2D eigenvalue weighted by molar-refractivity contribution is 0.0697. The highest BCUT2D eigenvalue weighted by Gasteiger charge is 2.21. The molecule has 1 aliphatic rings. The molecule has 1 fully saturated rings. The molecule has 1 aliphatic heterocycles. The molecule has 0 amide bonds. The van der Waals surface area contributed by atoms with Gasteiger partial charge in [-0.25, -0.2) is 14.8 Å². The number of nitrogens with zero attached hydrogens (tertiary/aromatic N) is 4. The Morgan fingerprint density at radius 3 is 2.57 bits per heavy atom. The molecule has 0 aliphatic carbocycles. The number of carboxylic acids is 1. The van der Waals surface area contributed by atoms with E-state index in [1.54, 1.807) is 23.6 Å². The van der Waals surface area contributed by atoms with Crippen molar-refractivity contribution in [2.24, 2.45) is 0 Å². The lowest BCUT2D eigenvalue weighted by Gasteiger charge is -2.35. The zero-order valence-corrected chi connectivity index (χ0v) is 12.6. The van der Waals surface area contributed by atoms with Crippen molar-refractivity contribution in [1.82, 2.24) is 9.97 Å². The molecule has 6 nitrogen and oxygen atoms in total. The van der Waals surface area contributed by atoms with Gasteiger partial charge >= 0.3 is 5.97 Å². The van der Waals surface area contributed by atoms with E-state index in [1.165, 1.54) is 6.07 Å². The highest BCUT2D eigenvalue weighted by Crippen LogP contribution is 2.23. The first-order chi connectivity index (χ1) is 10.1. The third-order valence-corrected chi connectivity index (χ3v) is 4.35. The fourth-order valence-corrected chi connectivity index (χ4v) is 3.17. The van der Waals surface area contributed by atoms with Gasteiger partial charge in [-0.05, 0) is 12.1 Å². The molecular weight excluding hydrogens is 312 g/mol. The number of aromatic nitrogens is 2. The molecule has 0 unspecified atom stereocenters. The molecule has 3 rings (SSSR count). The van der Waals surface area contributed by atoms with Crippen molar-refractivity contribution in [3.8, 4) is 0 Å². The van der Waals surface area contributed by atoms with E-state index in [1.807, 2.05) is 10.3 Å². The van der Waals surface area contributed by atoms with Gasteiger partial charge in [0.25, 0.3) is 0 Å². The summed E-state index contributed by atoms with van der Waals surface area (Å²) < 4.78 is 0. The van der Waals surface area contributed by atoms with Gasteiger partial charge in [-0.3, -0.25) is 0 Å². The fraction of sp³-hybridized carbons (Fsp3) is 0.308. The van der Waals surface area contributed by atoms with Gasteiger partial charge in [0.15, 0.2) is 5.13 Å². The molecule has 2 aromatic rings. The molecule has 3 heterocycles. The molecule has 0 bridgehead atoms. The Labute approximate surface area is 130 Å². The average molecular weight is 325 g/mol. The number of carbonyl (C=O) groups is 1. The van der Waals surface area contributed by atoms with E-state index in [-0.39, 0.29) is 10.7 Å². The minimum absolute atomic E-state index is 0.160. The van der Waals surface area contributed by atoms with E-state index < -0.39 is 5.97 Å². The van der Waals surface area contributed by atoms with Crippen LogP contribution in [-0.2, 0) is 0 Å².